The van der Waals surface area contributed by atoms with Crippen molar-refractivity contribution in [2.75, 3.05) is 5.32 Å². The van der Waals surface area contributed by atoms with Gasteiger partial charge in [-0.15, -0.1) is 0 Å². The average Bonchev–Trinajstić information content (AvgIpc) is 2.89. The molecule has 0 unspecified atom stereocenters. The molecule has 0 spiro atoms. The molecule has 1 heterocycles. The Bertz CT molecular complexity index is 745. The van der Waals surface area contributed by atoms with Gasteiger partial charge in [0.2, 0.25) is 5.91 Å². The number of nitrogens with zero attached hydrogens (tertiary/aromatic N) is 1. The lowest BCUT2D eigenvalue weighted by Crippen LogP contribution is -2.14. The second kappa shape index (κ2) is 5.17. The zero-order valence-electron chi connectivity index (χ0n) is 11.1. The number of amides is 1. The number of nitrogens with one attached hydrogen (secondary N) is 1. The molecule has 1 N–H and O–H groups in total. The van der Waals surface area contributed by atoms with Crippen LogP contribution >= 0.6 is 0 Å². The van der Waals surface area contributed by atoms with E-state index in [0.29, 0.717) is 12.0 Å². The fourth-order valence-corrected chi connectivity index (χ4v) is 2.03. The Balaban J connectivity index is 1.70. The maximum absolute atomic E-state index is 12.0. The van der Waals surface area contributed by atoms with Crippen LogP contribution in [0.1, 0.15) is 11.1 Å². The second-order valence-corrected chi connectivity index (χ2v) is 4.75. The number of anilines is 1. The topological polar surface area (TPSA) is 55.1 Å². The van der Waals surface area contributed by atoms with E-state index in [1.54, 1.807) is 18.2 Å². The minimum Gasteiger partial charge on any atom is -0.443 e. The molecule has 0 bridgehead atoms. The molecular weight excluding hydrogens is 252 g/mol. The van der Waals surface area contributed by atoms with Gasteiger partial charge < -0.3 is 9.73 Å². The maximum atomic E-state index is 12.0. The van der Waals surface area contributed by atoms with E-state index in [4.69, 9.17) is 4.42 Å². The van der Waals surface area contributed by atoms with E-state index in [1.165, 1.54) is 12.0 Å². The molecule has 3 rings (SSSR count). The summed E-state index contributed by atoms with van der Waals surface area (Å²) in [7, 11) is 0. The van der Waals surface area contributed by atoms with Gasteiger partial charge >= 0.3 is 0 Å². The Labute approximate surface area is 116 Å². The predicted octanol–water partition coefficient (Wildman–Crippen LogP) is 3.32. The van der Waals surface area contributed by atoms with E-state index in [0.717, 1.165) is 16.8 Å². The molecule has 3 aromatic rings. The summed E-state index contributed by atoms with van der Waals surface area (Å²) >= 11 is 0. The number of benzene rings is 2. The molecule has 0 aliphatic carbocycles. The van der Waals surface area contributed by atoms with Gasteiger partial charge in [-0.3, -0.25) is 4.79 Å². The number of aromatic nitrogens is 1. The van der Waals surface area contributed by atoms with Crippen molar-refractivity contribution in [3.05, 3.63) is 60.0 Å². The summed E-state index contributed by atoms with van der Waals surface area (Å²) in [4.78, 5) is 16.0. The smallest absolute Gasteiger partial charge is 0.228 e. The first-order chi connectivity index (χ1) is 9.70. The molecule has 1 aromatic heterocycles. The van der Waals surface area contributed by atoms with E-state index in [1.807, 2.05) is 31.2 Å². The summed E-state index contributed by atoms with van der Waals surface area (Å²) < 4.78 is 5.16. The molecule has 2 aromatic carbocycles. The Morgan fingerprint density at radius 3 is 2.80 bits per heavy atom. The highest BCUT2D eigenvalue weighted by molar-refractivity contribution is 5.94. The Morgan fingerprint density at radius 1 is 1.20 bits per heavy atom. The van der Waals surface area contributed by atoms with E-state index < -0.39 is 0 Å². The highest BCUT2D eigenvalue weighted by Crippen LogP contribution is 2.17. The lowest BCUT2D eigenvalue weighted by molar-refractivity contribution is -0.115. The predicted molar refractivity (Wildman–Crippen MR) is 77.5 cm³/mol. The van der Waals surface area contributed by atoms with Crippen LogP contribution < -0.4 is 5.32 Å². The SMILES string of the molecule is Cc1ccc(CC(=O)Nc2ccc3ocnc3c2)cc1. The molecule has 20 heavy (non-hydrogen) atoms. The van der Waals surface area contributed by atoms with Crippen molar-refractivity contribution in [2.45, 2.75) is 13.3 Å². The average molecular weight is 266 g/mol. The van der Waals surface area contributed by atoms with Crippen molar-refractivity contribution < 1.29 is 9.21 Å². The first kappa shape index (κ1) is 12.4. The molecule has 0 fully saturated rings. The minimum absolute atomic E-state index is 0.0447. The summed E-state index contributed by atoms with van der Waals surface area (Å²) in [6.45, 7) is 2.02. The highest BCUT2D eigenvalue weighted by Gasteiger charge is 2.06. The summed E-state index contributed by atoms with van der Waals surface area (Å²) in [6.07, 6.45) is 1.75. The standard InChI is InChI=1S/C16H14N2O2/c1-11-2-4-12(5-3-11)8-16(19)18-13-6-7-15-14(9-13)17-10-20-15/h2-7,9-10H,8H2,1H3,(H,18,19). The number of hydrogen-bond acceptors (Lipinski definition) is 3. The van der Waals surface area contributed by atoms with Crippen LogP contribution in [-0.4, -0.2) is 10.9 Å². The number of carbonyl (C=O) groups excluding carboxylic acids is 1. The molecule has 4 heteroatoms. The van der Waals surface area contributed by atoms with Crippen molar-refractivity contribution in [3.8, 4) is 0 Å². The van der Waals surface area contributed by atoms with Crippen molar-refractivity contribution in [3.63, 3.8) is 0 Å². The van der Waals surface area contributed by atoms with Crippen LogP contribution in [0.4, 0.5) is 5.69 Å². The summed E-state index contributed by atoms with van der Waals surface area (Å²) in [6, 6.07) is 13.3. The largest absolute Gasteiger partial charge is 0.443 e. The lowest BCUT2D eigenvalue weighted by Gasteiger charge is -2.05. The van der Waals surface area contributed by atoms with Crippen LogP contribution in [0, 0.1) is 6.92 Å². The zero-order chi connectivity index (χ0) is 13.9. The highest BCUT2D eigenvalue weighted by atomic mass is 16.3. The molecule has 0 saturated heterocycles. The molecule has 0 atom stereocenters. The van der Waals surface area contributed by atoms with E-state index in [2.05, 4.69) is 10.3 Å². The first-order valence-electron chi connectivity index (χ1n) is 6.39. The third-order valence-electron chi connectivity index (χ3n) is 3.10. The van der Waals surface area contributed by atoms with Crippen LogP contribution in [0.25, 0.3) is 11.1 Å². The van der Waals surface area contributed by atoms with Gasteiger partial charge in [0, 0.05) is 5.69 Å². The van der Waals surface area contributed by atoms with Gasteiger partial charge in [-0.1, -0.05) is 29.8 Å². The van der Waals surface area contributed by atoms with Crippen LogP contribution in [0.3, 0.4) is 0 Å². The summed E-state index contributed by atoms with van der Waals surface area (Å²) in [5.41, 5.74) is 4.35. The summed E-state index contributed by atoms with van der Waals surface area (Å²) in [5.74, 6) is -0.0447. The Hall–Kier alpha value is -2.62. The van der Waals surface area contributed by atoms with Gasteiger partial charge in [-0.2, -0.15) is 0 Å². The van der Waals surface area contributed by atoms with E-state index >= 15 is 0 Å². The molecule has 0 aliphatic rings. The monoisotopic (exact) mass is 266 g/mol. The van der Waals surface area contributed by atoms with Crippen molar-refractivity contribution in [2.24, 2.45) is 0 Å². The quantitative estimate of drug-likeness (QED) is 0.791. The number of fused-ring (bicyclic) bond motifs is 1. The zero-order valence-corrected chi connectivity index (χ0v) is 11.1. The van der Waals surface area contributed by atoms with E-state index in [-0.39, 0.29) is 5.91 Å². The van der Waals surface area contributed by atoms with Gasteiger partial charge in [-0.25, -0.2) is 4.98 Å². The van der Waals surface area contributed by atoms with Crippen molar-refractivity contribution in [1.29, 1.82) is 0 Å². The fraction of sp³-hybridized carbons (Fsp3) is 0.125. The lowest BCUT2D eigenvalue weighted by atomic mass is 10.1. The number of carbonyl (C=O) groups is 1. The van der Waals surface area contributed by atoms with Gasteiger partial charge in [0.25, 0.3) is 0 Å². The molecule has 0 aliphatic heterocycles. The molecule has 1 amide bonds. The van der Waals surface area contributed by atoms with Gasteiger partial charge in [-0.05, 0) is 30.7 Å². The molecule has 0 radical (unpaired) electrons. The van der Waals surface area contributed by atoms with Gasteiger partial charge in [0.15, 0.2) is 12.0 Å². The first-order valence-corrected chi connectivity index (χ1v) is 6.39. The van der Waals surface area contributed by atoms with Crippen LogP contribution in [0.2, 0.25) is 0 Å². The Kier molecular flexibility index (Phi) is 3.21. The van der Waals surface area contributed by atoms with Crippen LogP contribution in [0.5, 0.6) is 0 Å². The molecular formula is C16H14N2O2. The molecule has 4 nitrogen and oxygen atoms in total. The fourth-order valence-electron chi connectivity index (χ4n) is 2.03. The molecule has 100 valence electrons. The molecule has 0 saturated carbocycles. The van der Waals surface area contributed by atoms with Gasteiger partial charge in [0.05, 0.1) is 6.42 Å². The van der Waals surface area contributed by atoms with Crippen LogP contribution in [0.15, 0.2) is 53.3 Å². The summed E-state index contributed by atoms with van der Waals surface area (Å²) in [5, 5.41) is 2.87. The Morgan fingerprint density at radius 2 is 2.00 bits per heavy atom. The third kappa shape index (κ3) is 2.69. The van der Waals surface area contributed by atoms with E-state index in [9.17, 15) is 4.79 Å². The maximum Gasteiger partial charge on any atom is 0.228 e. The number of hydrogen-bond donors (Lipinski definition) is 1. The second-order valence-electron chi connectivity index (χ2n) is 4.75. The third-order valence-corrected chi connectivity index (χ3v) is 3.10. The van der Waals surface area contributed by atoms with Gasteiger partial charge in [0.1, 0.15) is 5.52 Å². The number of rotatable bonds is 3. The van der Waals surface area contributed by atoms with Crippen molar-refractivity contribution >= 4 is 22.7 Å². The minimum atomic E-state index is -0.0447. The normalized spacial score (nSPS) is 10.7. The van der Waals surface area contributed by atoms with Crippen molar-refractivity contribution in [1.82, 2.24) is 4.98 Å². The number of oxazole rings is 1. The van der Waals surface area contributed by atoms with Crippen LogP contribution in [-0.2, 0) is 11.2 Å². The number of aryl methyl sites for hydroxylation is 1.